The van der Waals surface area contributed by atoms with Gasteiger partial charge in [0.05, 0.1) is 11.3 Å². The Kier molecular flexibility index (Phi) is 3.63. The van der Waals surface area contributed by atoms with Crippen LogP contribution in [-0.2, 0) is 13.2 Å². The van der Waals surface area contributed by atoms with E-state index in [0.717, 1.165) is 12.1 Å². The molecule has 2 rings (SSSR count). The largest absolute Gasteiger partial charge is 0.438 e. The Balaban J connectivity index is 2.42. The molecular weight excluding hydrogens is 285 g/mol. The van der Waals surface area contributed by atoms with Crippen LogP contribution in [0.5, 0.6) is 11.6 Å². The maximum absolute atomic E-state index is 12.7. The fourth-order valence-electron chi connectivity index (χ4n) is 1.91. The van der Waals surface area contributed by atoms with E-state index in [4.69, 9.17) is 15.9 Å². The number of amidine groups is 1. The Hall–Kier alpha value is -2.51. The zero-order valence-electron chi connectivity index (χ0n) is 11.3. The summed E-state index contributed by atoms with van der Waals surface area (Å²) in [6, 6.07) is 4.47. The minimum absolute atomic E-state index is 0.00433. The lowest BCUT2D eigenvalue weighted by molar-refractivity contribution is -0.137. The van der Waals surface area contributed by atoms with Crippen molar-refractivity contribution in [2.75, 3.05) is 0 Å². The third-order valence-corrected chi connectivity index (χ3v) is 2.81. The number of alkyl halides is 3. The monoisotopic (exact) mass is 298 g/mol. The molecule has 112 valence electrons. The highest BCUT2D eigenvalue weighted by Crippen LogP contribution is 2.33. The smallest absolute Gasteiger partial charge is 0.416 e. The van der Waals surface area contributed by atoms with Crippen molar-refractivity contribution in [2.45, 2.75) is 13.1 Å². The van der Waals surface area contributed by atoms with Crippen molar-refractivity contribution in [3.05, 3.63) is 41.1 Å². The molecule has 0 atom stereocenters. The molecule has 21 heavy (non-hydrogen) atoms. The van der Waals surface area contributed by atoms with E-state index in [1.54, 1.807) is 14.0 Å². The summed E-state index contributed by atoms with van der Waals surface area (Å²) in [5, 5.41) is 11.6. The summed E-state index contributed by atoms with van der Waals surface area (Å²) < 4.78 is 44.8. The summed E-state index contributed by atoms with van der Waals surface area (Å²) in [6.45, 7) is 1.63. The molecule has 8 heteroatoms. The number of nitrogen functional groups attached to an aromatic ring is 1. The number of aryl methyl sites for hydroxylation is 2. The maximum Gasteiger partial charge on any atom is 0.416 e. The lowest BCUT2D eigenvalue weighted by Gasteiger charge is -2.11. The van der Waals surface area contributed by atoms with Gasteiger partial charge in [0.2, 0.25) is 5.88 Å². The van der Waals surface area contributed by atoms with Crippen LogP contribution in [0.2, 0.25) is 0 Å². The van der Waals surface area contributed by atoms with E-state index in [0.29, 0.717) is 5.69 Å². The SMILES string of the molecule is Cc1nn(C)c(Oc2cccc(C(F)(F)F)c2)c1C(=N)N. The van der Waals surface area contributed by atoms with Crippen LogP contribution in [0.3, 0.4) is 0 Å². The van der Waals surface area contributed by atoms with Gasteiger partial charge in [0, 0.05) is 7.05 Å². The second kappa shape index (κ2) is 5.12. The van der Waals surface area contributed by atoms with Gasteiger partial charge in [0.25, 0.3) is 0 Å². The number of hydrogen-bond donors (Lipinski definition) is 2. The first-order chi connectivity index (χ1) is 9.70. The number of hydrogen-bond acceptors (Lipinski definition) is 3. The normalized spacial score (nSPS) is 11.5. The molecule has 0 spiro atoms. The van der Waals surface area contributed by atoms with Gasteiger partial charge in [-0.3, -0.25) is 5.41 Å². The van der Waals surface area contributed by atoms with E-state index in [9.17, 15) is 13.2 Å². The molecule has 0 aliphatic heterocycles. The molecule has 0 bridgehead atoms. The van der Waals surface area contributed by atoms with Crippen molar-refractivity contribution in [3.8, 4) is 11.6 Å². The molecule has 0 fully saturated rings. The van der Waals surface area contributed by atoms with Gasteiger partial charge in [-0.05, 0) is 25.1 Å². The van der Waals surface area contributed by atoms with Crippen molar-refractivity contribution in [1.29, 1.82) is 5.41 Å². The fraction of sp³-hybridized carbons (Fsp3) is 0.231. The zero-order valence-corrected chi connectivity index (χ0v) is 11.3. The molecule has 0 aliphatic carbocycles. The second-order valence-corrected chi connectivity index (χ2v) is 4.43. The number of benzene rings is 1. The van der Waals surface area contributed by atoms with Gasteiger partial charge in [-0.2, -0.15) is 18.3 Å². The van der Waals surface area contributed by atoms with Gasteiger partial charge in [0.1, 0.15) is 17.1 Å². The van der Waals surface area contributed by atoms with Gasteiger partial charge in [-0.25, -0.2) is 4.68 Å². The average molecular weight is 298 g/mol. The van der Waals surface area contributed by atoms with Gasteiger partial charge >= 0.3 is 6.18 Å². The Morgan fingerprint density at radius 3 is 2.62 bits per heavy atom. The second-order valence-electron chi connectivity index (χ2n) is 4.43. The van der Waals surface area contributed by atoms with Crippen LogP contribution in [0.15, 0.2) is 24.3 Å². The lowest BCUT2D eigenvalue weighted by Crippen LogP contribution is -2.13. The van der Waals surface area contributed by atoms with Crippen LogP contribution in [0.25, 0.3) is 0 Å². The standard InChI is InChI=1S/C13H13F3N4O/c1-7-10(11(17)18)12(20(2)19-7)21-9-5-3-4-8(6-9)13(14,15)16/h3-6H,1-2H3,(H3,17,18). The summed E-state index contributed by atoms with van der Waals surface area (Å²) in [5.41, 5.74) is 5.36. The number of halogens is 3. The third-order valence-electron chi connectivity index (χ3n) is 2.81. The minimum Gasteiger partial charge on any atom is -0.438 e. The predicted octanol–water partition coefficient (Wildman–Crippen LogP) is 2.82. The third kappa shape index (κ3) is 2.99. The van der Waals surface area contributed by atoms with Gasteiger partial charge in [-0.1, -0.05) is 6.07 Å². The molecule has 0 aliphatic rings. The maximum atomic E-state index is 12.7. The topological polar surface area (TPSA) is 76.9 Å². The van der Waals surface area contributed by atoms with Crippen molar-refractivity contribution < 1.29 is 17.9 Å². The summed E-state index contributed by atoms with van der Waals surface area (Å²) in [7, 11) is 1.56. The van der Waals surface area contributed by atoms with E-state index in [-0.39, 0.29) is 23.0 Å². The van der Waals surface area contributed by atoms with E-state index < -0.39 is 11.7 Å². The van der Waals surface area contributed by atoms with Crippen molar-refractivity contribution in [1.82, 2.24) is 9.78 Å². The predicted molar refractivity (Wildman–Crippen MR) is 70.5 cm³/mol. The number of rotatable bonds is 3. The first kappa shape index (κ1) is 14.9. The molecule has 1 heterocycles. The van der Waals surface area contributed by atoms with Crippen LogP contribution in [0.4, 0.5) is 13.2 Å². The molecule has 2 aromatic rings. The van der Waals surface area contributed by atoms with Crippen molar-refractivity contribution in [3.63, 3.8) is 0 Å². The highest BCUT2D eigenvalue weighted by Gasteiger charge is 2.31. The Morgan fingerprint density at radius 1 is 1.38 bits per heavy atom. The lowest BCUT2D eigenvalue weighted by atomic mass is 10.2. The minimum atomic E-state index is -4.45. The number of nitrogens with two attached hydrogens (primary N) is 1. The number of nitrogens with zero attached hydrogens (tertiary/aromatic N) is 2. The molecule has 0 saturated heterocycles. The van der Waals surface area contributed by atoms with Gasteiger partial charge in [-0.15, -0.1) is 0 Å². The highest BCUT2D eigenvalue weighted by molar-refractivity contribution is 5.98. The van der Waals surface area contributed by atoms with E-state index in [1.165, 1.54) is 16.8 Å². The molecule has 1 aromatic heterocycles. The molecule has 5 nitrogen and oxygen atoms in total. The quantitative estimate of drug-likeness (QED) is 0.675. The molecule has 1 aromatic carbocycles. The van der Waals surface area contributed by atoms with Crippen LogP contribution >= 0.6 is 0 Å². The van der Waals surface area contributed by atoms with Crippen molar-refractivity contribution >= 4 is 5.84 Å². The van der Waals surface area contributed by atoms with Crippen molar-refractivity contribution in [2.24, 2.45) is 12.8 Å². The van der Waals surface area contributed by atoms with Crippen LogP contribution in [0.1, 0.15) is 16.8 Å². The summed E-state index contributed by atoms with van der Waals surface area (Å²) in [6.07, 6.45) is -4.45. The molecule has 3 N–H and O–H groups in total. The summed E-state index contributed by atoms with van der Waals surface area (Å²) in [5.74, 6) is -0.141. The summed E-state index contributed by atoms with van der Waals surface area (Å²) in [4.78, 5) is 0. The zero-order chi connectivity index (χ0) is 15.8. The Labute approximate surface area is 118 Å². The number of nitrogens with one attached hydrogen (secondary N) is 1. The summed E-state index contributed by atoms with van der Waals surface area (Å²) >= 11 is 0. The van der Waals surface area contributed by atoms with Crippen LogP contribution < -0.4 is 10.5 Å². The molecule has 0 radical (unpaired) electrons. The number of ether oxygens (including phenoxy) is 1. The van der Waals surface area contributed by atoms with E-state index in [2.05, 4.69) is 5.10 Å². The van der Waals surface area contributed by atoms with Crippen LogP contribution in [-0.4, -0.2) is 15.6 Å². The molecule has 0 unspecified atom stereocenters. The highest BCUT2D eigenvalue weighted by atomic mass is 19.4. The first-order valence-corrected chi connectivity index (χ1v) is 5.93. The van der Waals surface area contributed by atoms with E-state index in [1.807, 2.05) is 0 Å². The fourth-order valence-corrected chi connectivity index (χ4v) is 1.91. The molecule has 0 amide bonds. The molecular formula is C13H13F3N4O. The van der Waals surface area contributed by atoms with Gasteiger partial charge < -0.3 is 10.5 Å². The Bertz CT molecular complexity index is 691. The first-order valence-electron chi connectivity index (χ1n) is 5.93. The Morgan fingerprint density at radius 2 is 2.05 bits per heavy atom. The molecule has 0 saturated carbocycles. The number of aromatic nitrogens is 2. The average Bonchev–Trinajstić information content (AvgIpc) is 2.63. The van der Waals surface area contributed by atoms with Gasteiger partial charge in [0.15, 0.2) is 0 Å². The van der Waals surface area contributed by atoms with Crippen LogP contribution in [0, 0.1) is 12.3 Å². The van der Waals surface area contributed by atoms with E-state index >= 15 is 0 Å².